The number of ether oxygens (including phenoxy) is 1. The summed E-state index contributed by atoms with van der Waals surface area (Å²) in [6.45, 7) is 12.0. The Balaban J connectivity index is 1.47. The molecular formula is C40H58N4O7. The van der Waals surface area contributed by atoms with Gasteiger partial charge in [-0.3, -0.25) is 14.4 Å². The molecule has 0 aromatic heterocycles. The smallest absolute Gasteiger partial charge is 0.277 e. The molecule has 4 fully saturated rings. The number of carbonyl (C=O) groups excluding carboxylic acids is 2. The second kappa shape index (κ2) is 15.7. The molecule has 2 amide bonds. The van der Waals surface area contributed by atoms with Crippen LogP contribution in [0.2, 0.25) is 0 Å². The van der Waals surface area contributed by atoms with E-state index in [0.717, 1.165) is 28.8 Å². The Labute approximate surface area is 303 Å². The number of amides is 2. The van der Waals surface area contributed by atoms with Crippen LogP contribution in [0.3, 0.4) is 0 Å². The van der Waals surface area contributed by atoms with Crippen molar-refractivity contribution in [3.8, 4) is 16.9 Å². The number of carbonyl (C=O) groups is 2. The van der Waals surface area contributed by atoms with Crippen LogP contribution in [0.5, 0.6) is 5.75 Å². The van der Waals surface area contributed by atoms with Crippen LogP contribution < -0.4 is 15.0 Å². The lowest BCUT2D eigenvalue weighted by molar-refractivity contribution is -0.183. The van der Waals surface area contributed by atoms with Crippen LogP contribution in [0.25, 0.3) is 11.1 Å². The summed E-state index contributed by atoms with van der Waals surface area (Å²) in [7, 11) is 5.37. The molecule has 3 aliphatic carbocycles. The Morgan fingerprint density at radius 2 is 1.86 bits per heavy atom. The zero-order valence-corrected chi connectivity index (χ0v) is 31.7. The van der Waals surface area contributed by atoms with E-state index in [4.69, 9.17) is 9.57 Å². The van der Waals surface area contributed by atoms with Gasteiger partial charge < -0.3 is 30.3 Å². The number of hydrogen-bond acceptors (Lipinski definition) is 9. The van der Waals surface area contributed by atoms with E-state index >= 15 is 0 Å². The molecule has 1 heterocycles. The van der Waals surface area contributed by atoms with Gasteiger partial charge in [0.2, 0.25) is 5.91 Å². The monoisotopic (exact) mass is 706 g/mol. The predicted molar refractivity (Wildman–Crippen MR) is 199 cm³/mol. The zero-order chi connectivity index (χ0) is 37.4. The maximum Gasteiger partial charge on any atom is 0.277 e. The van der Waals surface area contributed by atoms with E-state index < -0.39 is 30.1 Å². The molecule has 4 N–H and O–H groups in total. The van der Waals surface area contributed by atoms with Gasteiger partial charge in [-0.25, -0.2) is 4.99 Å². The molecule has 0 unspecified atom stereocenters. The quantitative estimate of drug-likeness (QED) is 0.218. The number of hydrogen-bond donors (Lipinski definition) is 4. The van der Waals surface area contributed by atoms with Crippen LogP contribution >= 0.6 is 0 Å². The van der Waals surface area contributed by atoms with Crippen molar-refractivity contribution >= 4 is 23.2 Å². The molecule has 3 saturated carbocycles. The molecule has 51 heavy (non-hydrogen) atoms. The van der Waals surface area contributed by atoms with Gasteiger partial charge >= 0.3 is 0 Å². The molecule has 11 heteroatoms. The number of aliphatic hydroxyl groups excluding tert-OH is 3. The van der Waals surface area contributed by atoms with Gasteiger partial charge in [-0.2, -0.15) is 5.06 Å². The molecule has 0 spiro atoms. The van der Waals surface area contributed by atoms with Crippen LogP contribution in [-0.2, 0) is 16.2 Å². The Morgan fingerprint density at radius 1 is 1.14 bits per heavy atom. The zero-order valence-electron chi connectivity index (χ0n) is 31.7. The summed E-state index contributed by atoms with van der Waals surface area (Å²) in [6, 6.07) is 10.4. The molecule has 4 aliphatic rings. The minimum atomic E-state index is -0.911. The van der Waals surface area contributed by atoms with E-state index in [-0.39, 0.29) is 43.0 Å². The number of nitrogens with one attached hydrogen (secondary N) is 1. The number of benzene rings is 2. The fourth-order valence-corrected chi connectivity index (χ4v) is 8.80. The molecule has 1 saturated heterocycles. The predicted octanol–water partition coefficient (Wildman–Crippen LogP) is 4.71. The summed E-state index contributed by atoms with van der Waals surface area (Å²) in [6.07, 6.45) is 0.953. The number of fused-ring (bicyclic) bond motifs is 2. The molecule has 11 nitrogen and oxygen atoms in total. The number of hydroxylamine groups is 2. The third-order valence-electron chi connectivity index (χ3n) is 11.8. The van der Waals surface area contributed by atoms with Crippen molar-refractivity contribution in [1.82, 2.24) is 10.4 Å². The molecule has 2 aromatic rings. The lowest BCUT2D eigenvalue weighted by Crippen LogP contribution is -2.62. The maximum atomic E-state index is 14.2. The van der Waals surface area contributed by atoms with Crippen LogP contribution in [-0.4, -0.2) is 96.6 Å². The van der Waals surface area contributed by atoms with Gasteiger partial charge in [-0.15, -0.1) is 0 Å². The summed E-state index contributed by atoms with van der Waals surface area (Å²) in [4.78, 5) is 40.0. The highest BCUT2D eigenvalue weighted by Gasteiger charge is 2.57. The number of aliphatic hydroxyl groups is 3. The van der Waals surface area contributed by atoms with Gasteiger partial charge in [0.25, 0.3) is 5.91 Å². The average molecular weight is 707 g/mol. The van der Waals surface area contributed by atoms with Gasteiger partial charge in [0.05, 0.1) is 33.0 Å². The molecule has 0 radical (unpaired) electrons. The number of para-hydroxylation sites is 1. The molecular weight excluding hydrogens is 648 g/mol. The lowest BCUT2D eigenvalue weighted by Gasteiger charge is -2.62. The van der Waals surface area contributed by atoms with E-state index in [1.807, 2.05) is 57.1 Å². The fourth-order valence-electron chi connectivity index (χ4n) is 8.80. The van der Waals surface area contributed by atoms with Crippen LogP contribution in [0.1, 0.15) is 76.7 Å². The third-order valence-corrected chi connectivity index (χ3v) is 11.8. The Bertz CT molecular complexity index is 1600. The molecule has 2 bridgehead atoms. The SMILES string of the molecule is COc1c(CN2O[C@@H](CO)[C@@H]([C@H](C)O)[C@H]2C(=O)N[C@H]2C[C@H]3C[C@@H]([C@@H]2C)C3(C)C)cccc1-c1cc(C(=O)N=C(CO)CC(C)C)cc(N(C)C)c1. The summed E-state index contributed by atoms with van der Waals surface area (Å²) < 4.78 is 6.02. The molecule has 8 atom stereocenters. The third kappa shape index (κ3) is 7.88. The van der Waals surface area contributed by atoms with Crippen molar-refractivity contribution in [1.29, 1.82) is 0 Å². The first-order valence-electron chi connectivity index (χ1n) is 18.3. The number of anilines is 1. The summed E-state index contributed by atoms with van der Waals surface area (Å²) in [5, 5.41) is 36.0. The average Bonchev–Trinajstić information content (AvgIpc) is 3.46. The standard InChI is InChI=1S/C40H58N4O7/c1-22(2)13-29(20-45)41-38(48)27-14-26(15-30(16-27)43(7)8)31-12-10-11-25(37(31)50-9)19-44-36(35(24(4)47)34(21-46)51-44)39(49)42-33-18-28-17-32(23(33)3)40(28,5)6/h10-12,14-16,22-24,28,32-36,45-47H,13,17-21H2,1-9H3,(H,42,49)/t23-,24-,28+,32-,33-,34-,35+,36-/m0/s1. The first-order chi connectivity index (χ1) is 24.1. The van der Waals surface area contributed by atoms with Crippen LogP contribution in [0, 0.1) is 35.0 Å². The van der Waals surface area contributed by atoms with Crippen LogP contribution in [0.15, 0.2) is 41.4 Å². The van der Waals surface area contributed by atoms with Gasteiger partial charge in [0.15, 0.2) is 0 Å². The second-order valence-corrected chi connectivity index (χ2v) is 16.1. The van der Waals surface area contributed by atoms with Gasteiger partial charge in [-0.05, 0) is 79.0 Å². The highest BCUT2D eigenvalue weighted by molar-refractivity contribution is 6.05. The minimum absolute atomic E-state index is 0.0286. The number of methoxy groups -OCH3 is 1. The topological polar surface area (TPSA) is 144 Å². The van der Waals surface area contributed by atoms with Crippen molar-refractivity contribution in [2.24, 2.45) is 40.0 Å². The summed E-state index contributed by atoms with van der Waals surface area (Å²) in [5.41, 5.74) is 4.06. The molecule has 280 valence electrons. The van der Waals surface area contributed by atoms with Crippen molar-refractivity contribution in [2.45, 2.75) is 91.6 Å². The highest BCUT2D eigenvalue weighted by atomic mass is 16.7. The Hall–Kier alpha value is -3.35. The summed E-state index contributed by atoms with van der Waals surface area (Å²) in [5.74, 6) is 0.907. The van der Waals surface area contributed by atoms with Gasteiger partial charge in [0.1, 0.15) is 17.9 Å². The van der Waals surface area contributed by atoms with Crippen molar-refractivity contribution in [3.05, 3.63) is 47.5 Å². The van der Waals surface area contributed by atoms with E-state index in [1.165, 1.54) is 6.42 Å². The van der Waals surface area contributed by atoms with Crippen LogP contribution in [0.4, 0.5) is 5.69 Å². The minimum Gasteiger partial charge on any atom is -0.496 e. The van der Waals surface area contributed by atoms with Crippen molar-refractivity contribution in [3.63, 3.8) is 0 Å². The Morgan fingerprint density at radius 3 is 2.43 bits per heavy atom. The van der Waals surface area contributed by atoms with E-state index in [2.05, 4.69) is 31.1 Å². The van der Waals surface area contributed by atoms with E-state index in [1.54, 1.807) is 31.2 Å². The van der Waals surface area contributed by atoms with Crippen molar-refractivity contribution < 1.29 is 34.5 Å². The van der Waals surface area contributed by atoms with Gasteiger partial charge in [0, 0.05) is 54.1 Å². The number of rotatable bonds is 13. The molecule has 6 rings (SSSR count). The molecule has 1 aliphatic heterocycles. The first kappa shape index (κ1) is 38.9. The van der Waals surface area contributed by atoms with E-state index in [0.29, 0.717) is 41.2 Å². The van der Waals surface area contributed by atoms with Crippen molar-refractivity contribution in [2.75, 3.05) is 39.3 Å². The molecule has 2 aromatic carbocycles. The maximum absolute atomic E-state index is 14.2. The summed E-state index contributed by atoms with van der Waals surface area (Å²) >= 11 is 0. The second-order valence-electron chi connectivity index (χ2n) is 16.1. The lowest BCUT2D eigenvalue weighted by atomic mass is 9.45. The Kier molecular flexibility index (Phi) is 12.0. The normalized spacial score (nSPS) is 27.9. The fraction of sp³-hybridized carbons (Fsp3) is 0.625. The van der Waals surface area contributed by atoms with Gasteiger partial charge in [-0.1, -0.05) is 52.8 Å². The largest absolute Gasteiger partial charge is 0.496 e. The highest BCUT2D eigenvalue weighted by Crippen LogP contribution is 2.61. The number of nitrogens with zero attached hydrogens (tertiary/aromatic N) is 3. The number of aliphatic imine (C=N–C) groups is 1. The first-order valence-corrected chi connectivity index (χ1v) is 18.3. The van der Waals surface area contributed by atoms with E-state index in [9.17, 15) is 24.9 Å².